The third-order valence-corrected chi connectivity index (χ3v) is 5.73. The maximum absolute atomic E-state index is 12.9. The summed E-state index contributed by atoms with van der Waals surface area (Å²) in [5.41, 5.74) is 5.63. The average molecular weight is 463 g/mol. The first kappa shape index (κ1) is 29.1. The molecule has 0 aliphatic rings. The highest BCUT2D eigenvalue weighted by Crippen LogP contribution is 2.10. The van der Waals surface area contributed by atoms with Crippen LogP contribution in [0, 0.1) is 11.8 Å². The number of hydrogen-bond acceptors (Lipinski definition) is 7. The van der Waals surface area contributed by atoms with Crippen LogP contribution in [-0.2, 0) is 19.2 Å². The van der Waals surface area contributed by atoms with Crippen molar-refractivity contribution in [3.8, 4) is 0 Å². The van der Waals surface area contributed by atoms with Crippen molar-refractivity contribution in [3.05, 3.63) is 0 Å². The van der Waals surface area contributed by atoms with Gasteiger partial charge >= 0.3 is 5.97 Å². The molecule has 10 nitrogen and oxygen atoms in total. The van der Waals surface area contributed by atoms with Gasteiger partial charge in [-0.25, -0.2) is 4.79 Å². The fraction of sp³-hybridized carbons (Fsp3) is 0.800. The Morgan fingerprint density at radius 2 is 1.48 bits per heavy atom. The molecule has 0 rings (SSSR count). The predicted molar refractivity (Wildman–Crippen MR) is 120 cm³/mol. The van der Waals surface area contributed by atoms with Crippen molar-refractivity contribution < 1.29 is 29.4 Å². The summed E-state index contributed by atoms with van der Waals surface area (Å²) < 4.78 is 0. The van der Waals surface area contributed by atoms with E-state index in [2.05, 4.69) is 16.0 Å². The lowest BCUT2D eigenvalue weighted by atomic mass is 9.98. The van der Waals surface area contributed by atoms with Gasteiger partial charge in [-0.2, -0.15) is 11.8 Å². The normalized spacial score (nSPS) is 17.1. The number of hydrogen-bond donors (Lipinski definition) is 6. The second-order valence-corrected chi connectivity index (χ2v) is 9.03. The van der Waals surface area contributed by atoms with Gasteiger partial charge < -0.3 is 31.9 Å². The molecule has 180 valence electrons. The smallest absolute Gasteiger partial charge is 0.326 e. The molecule has 0 aromatic rings. The van der Waals surface area contributed by atoms with E-state index in [-0.39, 0.29) is 18.3 Å². The molecule has 0 spiro atoms. The van der Waals surface area contributed by atoms with Crippen LogP contribution in [0.2, 0.25) is 0 Å². The van der Waals surface area contributed by atoms with Crippen molar-refractivity contribution in [2.24, 2.45) is 17.6 Å². The van der Waals surface area contributed by atoms with E-state index >= 15 is 0 Å². The van der Waals surface area contributed by atoms with Crippen molar-refractivity contribution >= 4 is 35.5 Å². The van der Waals surface area contributed by atoms with Crippen LogP contribution < -0.4 is 21.7 Å². The Morgan fingerprint density at radius 3 is 1.90 bits per heavy atom. The van der Waals surface area contributed by atoms with Crippen molar-refractivity contribution in [1.29, 1.82) is 0 Å². The van der Waals surface area contributed by atoms with Crippen molar-refractivity contribution in [3.63, 3.8) is 0 Å². The topological polar surface area (TPSA) is 171 Å². The predicted octanol–water partition coefficient (Wildman–Crippen LogP) is -0.311. The fourth-order valence-electron chi connectivity index (χ4n) is 2.71. The zero-order chi connectivity index (χ0) is 24.3. The summed E-state index contributed by atoms with van der Waals surface area (Å²) >= 11 is 1.48. The van der Waals surface area contributed by atoms with E-state index in [9.17, 15) is 29.4 Å². The molecule has 3 amide bonds. The quantitative estimate of drug-likeness (QED) is 0.204. The number of nitrogens with one attached hydrogen (secondary N) is 3. The number of carbonyl (C=O) groups is 4. The highest BCUT2D eigenvalue weighted by molar-refractivity contribution is 7.98. The SMILES string of the molecule is CCC(C)C(NC(=O)C(CCSC)NC(=O)C(NC(=O)C(N)C(C)O)C(C)C)C(=O)O. The molecule has 0 saturated heterocycles. The molecule has 0 bridgehead atoms. The van der Waals surface area contributed by atoms with Gasteiger partial charge in [0.25, 0.3) is 0 Å². The molecule has 31 heavy (non-hydrogen) atoms. The second kappa shape index (κ2) is 14.3. The molecule has 0 aromatic carbocycles. The van der Waals surface area contributed by atoms with Gasteiger partial charge in [0.15, 0.2) is 0 Å². The minimum absolute atomic E-state index is 0.289. The van der Waals surface area contributed by atoms with Gasteiger partial charge in [0, 0.05) is 0 Å². The number of aliphatic carboxylic acids is 1. The Hall–Kier alpha value is -1.85. The van der Waals surface area contributed by atoms with Gasteiger partial charge in [0.2, 0.25) is 17.7 Å². The minimum Gasteiger partial charge on any atom is -0.480 e. The van der Waals surface area contributed by atoms with Gasteiger partial charge in [-0.1, -0.05) is 34.1 Å². The maximum Gasteiger partial charge on any atom is 0.326 e. The number of carboxylic acids is 1. The van der Waals surface area contributed by atoms with E-state index in [1.807, 2.05) is 13.2 Å². The zero-order valence-corrected chi connectivity index (χ0v) is 20.0. The fourth-order valence-corrected chi connectivity index (χ4v) is 3.18. The number of rotatable bonds is 14. The number of aliphatic hydroxyl groups excluding tert-OH is 1. The van der Waals surface area contributed by atoms with Crippen LogP contribution in [0.5, 0.6) is 0 Å². The number of carboxylic acid groups (broad SMARTS) is 1. The van der Waals surface area contributed by atoms with Gasteiger partial charge in [0.05, 0.1) is 6.10 Å². The van der Waals surface area contributed by atoms with E-state index in [4.69, 9.17) is 5.73 Å². The van der Waals surface area contributed by atoms with Crippen LogP contribution in [0.15, 0.2) is 0 Å². The highest BCUT2D eigenvalue weighted by atomic mass is 32.2. The summed E-state index contributed by atoms with van der Waals surface area (Å²) in [5.74, 6) is -3.05. The van der Waals surface area contributed by atoms with Gasteiger partial charge in [-0.15, -0.1) is 0 Å². The van der Waals surface area contributed by atoms with Crippen LogP contribution in [0.1, 0.15) is 47.5 Å². The Kier molecular flexibility index (Phi) is 13.4. The largest absolute Gasteiger partial charge is 0.480 e. The van der Waals surface area contributed by atoms with E-state index in [0.29, 0.717) is 12.2 Å². The Morgan fingerprint density at radius 1 is 0.935 bits per heavy atom. The molecule has 0 fully saturated rings. The van der Waals surface area contributed by atoms with E-state index in [1.54, 1.807) is 20.8 Å². The van der Waals surface area contributed by atoms with Crippen molar-refractivity contribution in [1.82, 2.24) is 16.0 Å². The molecule has 0 aliphatic carbocycles. The molecule has 11 heteroatoms. The third-order valence-electron chi connectivity index (χ3n) is 5.09. The van der Waals surface area contributed by atoms with Gasteiger partial charge in [-0.3, -0.25) is 14.4 Å². The average Bonchev–Trinajstić information content (AvgIpc) is 2.70. The van der Waals surface area contributed by atoms with Gasteiger partial charge in [0.1, 0.15) is 24.2 Å². The van der Waals surface area contributed by atoms with Gasteiger partial charge in [-0.05, 0) is 37.2 Å². The molecule has 6 atom stereocenters. The summed E-state index contributed by atoms with van der Waals surface area (Å²) in [6.45, 7) is 8.36. The highest BCUT2D eigenvalue weighted by Gasteiger charge is 2.33. The summed E-state index contributed by atoms with van der Waals surface area (Å²) in [7, 11) is 0. The van der Waals surface area contributed by atoms with E-state index in [0.717, 1.165) is 0 Å². The Balaban J connectivity index is 5.45. The number of thioether (sulfide) groups is 1. The molecule has 7 N–H and O–H groups in total. The van der Waals surface area contributed by atoms with Crippen molar-refractivity contribution in [2.75, 3.05) is 12.0 Å². The Bertz CT molecular complexity index is 616. The lowest BCUT2D eigenvalue weighted by Gasteiger charge is -2.28. The standard InChI is InChI=1S/C20H38N4O6S/c1-7-11(4)16(20(29)30)24-17(26)13(8-9-31-6)22-19(28)15(10(2)3)23-18(27)14(21)12(5)25/h10-16,25H,7-9,21H2,1-6H3,(H,22,28)(H,23,27)(H,24,26)(H,29,30). The second-order valence-electron chi connectivity index (χ2n) is 8.05. The number of amides is 3. The zero-order valence-electron chi connectivity index (χ0n) is 19.2. The van der Waals surface area contributed by atoms with Crippen LogP contribution in [-0.4, -0.2) is 76.2 Å². The van der Waals surface area contributed by atoms with Crippen LogP contribution in [0.25, 0.3) is 0 Å². The van der Waals surface area contributed by atoms with E-state index < -0.39 is 54.0 Å². The molecule has 0 saturated carbocycles. The molecule has 0 aliphatic heterocycles. The monoisotopic (exact) mass is 462 g/mol. The van der Waals surface area contributed by atoms with Crippen LogP contribution in [0.4, 0.5) is 0 Å². The third kappa shape index (κ3) is 9.88. The molecule has 0 radical (unpaired) electrons. The first-order valence-electron chi connectivity index (χ1n) is 10.4. The lowest BCUT2D eigenvalue weighted by Crippen LogP contribution is -2.59. The van der Waals surface area contributed by atoms with Crippen molar-refractivity contribution in [2.45, 2.75) is 77.7 Å². The van der Waals surface area contributed by atoms with E-state index in [1.165, 1.54) is 18.7 Å². The maximum atomic E-state index is 12.9. The molecular weight excluding hydrogens is 424 g/mol. The minimum atomic E-state index is -1.20. The number of nitrogens with two attached hydrogens (primary N) is 1. The summed E-state index contributed by atoms with van der Waals surface area (Å²) in [4.78, 5) is 49.4. The van der Waals surface area contributed by atoms with Crippen LogP contribution in [0.3, 0.4) is 0 Å². The first-order chi connectivity index (χ1) is 14.4. The first-order valence-corrected chi connectivity index (χ1v) is 11.8. The van der Waals surface area contributed by atoms with Crippen LogP contribution >= 0.6 is 11.8 Å². The summed E-state index contributed by atoms with van der Waals surface area (Å²) in [5, 5.41) is 26.6. The summed E-state index contributed by atoms with van der Waals surface area (Å²) in [6.07, 6.45) is 1.61. The molecule has 0 heterocycles. The summed E-state index contributed by atoms with van der Waals surface area (Å²) in [6, 6.07) is -4.21. The molecular formula is C20H38N4O6S. The number of aliphatic hydroxyl groups is 1. The molecule has 0 aromatic heterocycles. The lowest BCUT2D eigenvalue weighted by molar-refractivity contribution is -0.144. The number of carbonyl (C=O) groups excluding carboxylic acids is 3. The molecule has 6 unspecified atom stereocenters. The Labute approximate surface area is 188 Å².